The maximum absolute atomic E-state index is 14.6. The number of aromatic nitrogens is 2. The minimum atomic E-state index is -0.673. The number of methoxy groups -OCH3 is 2. The number of benzene rings is 1. The van der Waals surface area contributed by atoms with Crippen LogP contribution in [-0.4, -0.2) is 34.8 Å². The number of aromatic hydroxyl groups is 1. The number of halogens is 1. The van der Waals surface area contributed by atoms with Gasteiger partial charge in [0.1, 0.15) is 17.1 Å². The molecule has 7 heteroatoms. The standard InChI is InChI=1S/C17H17FN2O4/c1-4-5-10-6-12(18)14(13(7-10)24-3)15-16(21)19-8-11(23-2)9-20(19)17(15)22/h6-7,11,21H,8-9H2,1-3H3. The molecule has 24 heavy (non-hydrogen) atoms. The van der Waals surface area contributed by atoms with Crippen LogP contribution in [0.25, 0.3) is 11.1 Å². The largest absolute Gasteiger partial charge is 0.496 e. The third-order valence-corrected chi connectivity index (χ3v) is 4.09. The van der Waals surface area contributed by atoms with Crippen molar-refractivity contribution in [2.45, 2.75) is 26.1 Å². The van der Waals surface area contributed by atoms with Crippen molar-refractivity contribution in [1.82, 2.24) is 9.36 Å². The van der Waals surface area contributed by atoms with Gasteiger partial charge in [0.25, 0.3) is 5.56 Å². The lowest BCUT2D eigenvalue weighted by molar-refractivity contribution is 0.0984. The fourth-order valence-corrected chi connectivity index (χ4v) is 2.96. The minimum absolute atomic E-state index is 0.0648. The smallest absolute Gasteiger partial charge is 0.278 e. The van der Waals surface area contributed by atoms with Gasteiger partial charge in [-0.2, -0.15) is 0 Å². The van der Waals surface area contributed by atoms with Crippen LogP contribution in [0.2, 0.25) is 0 Å². The lowest BCUT2D eigenvalue weighted by Gasteiger charge is -2.10. The molecule has 1 aliphatic rings. The normalized spacial score (nSPS) is 15.8. The molecule has 6 nitrogen and oxygen atoms in total. The number of rotatable bonds is 3. The molecule has 3 rings (SSSR count). The zero-order valence-corrected chi connectivity index (χ0v) is 13.6. The average Bonchev–Trinajstić information content (AvgIpc) is 3.08. The van der Waals surface area contributed by atoms with E-state index < -0.39 is 11.4 Å². The molecular formula is C17H17FN2O4. The molecule has 126 valence electrons. The molecule has 0 spiro atoms. The molecular weight excluding hydrogens is 315 g/mol. The quantitative estimate of drug-likeness (QED) is 0.867. The van der Waals surface area contributed by atoms with Crippen molar-refractivity contribution in [2.75, 3.05) is 14.2 Å². The molecule has 1 atom stereocenters. The highest BCUT2D eigenvalue weighted by atomic mass is 19.1. The van der Waals surface area contributed by atoms with Crippen LogP contribution in [0.5, 0.6) is 11.6 Å². The van der Waals surface area contributed by atoms with E-state index in [1.165, 1.54) is 29.6 Å². The molecule has 0 bridgehead atoms. The predicted octanol–water partition coefficient (Wildman–Crippen LogP) is 1.57. The first-order valence-electron chi connectivity index (χ1n) is 7.37. The van der Waals surface area contributed by atoms with Gasteiger partial charge < -0.3 is 14.6 Å². The molecule has 1 unspecified atom stereocenters. The van der Waals surface area contributed by atoms with Gasteiger partial charge in [0.15, 0.2) is 0 Å². The summed E-state index contributed by atoms with van der Waals surface area (Å²) in [6.45, 7) is 2.26. The first-order chi connectivity index (χ1) is 11.5. The van der Waals surface area contributed by atoms with Crippen LogP contribution in [-0.2, 0) is 17.8 Å². The third kappa shape index (κ3) is 2.36. The topological polar surface area (TPSA) is 65.6 Å². The summed E-state index contributed by atoms with van der Waals surface area (Å²) in [5.41, 5.74) is -0.236. The van der Waals surface area contributed by atoms with E-state index in [4.69, 9.17) is 9.47 Å². The third-order valence-electron chi connectivity index (χ3n) is 4.09. The summed E-state index contributed by atoms with van der Waals surface area (Å²) in [5.74, 6) is 4.60. The van der Waals surface area contributed by atoms with Crippen molar-refractivity contribution in [3.63, 3.8) is 0 Å². The van der Waals surface area contributed by atoms with Crippen molar-refractivity contribution in [2.24, 2.45) is 0 Å². The number of hydrogen-bond donors (Lipinski definition) is 1. The summed E-state index contributed by atoms with van der Waals surface area (Å²) < 4.78 is 27.8. The Morgan fingerprint density at radius 3 is 2.54 bits per heavy atom. The first-order valence-corrected chi connectivity index (χ1v) is 7.37. The van der Waals surface area contributed by atoms with Gasteiger partial charge in [0.05, 0.1) is 31.9 Å². The van der Waals surface area contributed by atoms with Crippen LogP contribution >= 0.6 is 0 Å². The zero-order chi connectivity index (χ0) is 17.4. The van der Waals surface area contributed by atoms with Crippen LogP contribution < -0.4 is 10.3 Å². The van der Waals surface area contributed by atoms with Crippen molar-refractivity contribution >= 4 is 0 Å². The maximum atomic E-state index is 14.6. The maximum Gasteiger partial charge on any atom is 0.278 e. The molecule has 0 fully saturated rings. The molecule has 1 aromatic heterocycles. The van der Waals surface area contributed by atoms with Crippen LogP contribution in [0.1, 0.15) is 12.5 Å². The van der Waals surface area contributed by atoms with Crippen molar-refractivity contribution in [3.05, 3.63) is 33.9 Å². The number of hydrogen-bond acceptors (Lipinski definition) is 4. The van der Waals surface area contributed by atoms with Gasteiger partial charge in [0, 0.05) is 12.7 Å². The van der Waals surface area contributed by atoms with Gasteiger partial charge >= 0.3 is 0 Å². The van der Waals surface area contributed by atoms with Gasteiger partial charge in [-0.1, -0.05) is 5.92 Å². The SMILES string of the molecule is CC#Cc1cc(F)c(-c2c(O)n3n(c2=O)CC(OC)C3)c(OC)c1. The molecule has 1 aromatic carbocycles. The Labute approximate surface area is 138 Å². The second kappa shape index (κ2) is 6.06. The fourth-order valence-electron chi connectivity index (χ4n) is 2.96. The Morgan fingerprint density at radius 2 is 1.96 bits per heavy atom. The zero-order valence-electron chi connectivity index (χ0n) is 13.6. The lowest BCUT2D eigenvalue weighted by atomic mass is 10.0. The summed E-state index contributed by atoms with van der Waals surface area (Å²) in [7, 11) is 2.91. The van der Waals surface area contributed by atoms with E-state index in [-0.39, 0.29) is 28.9 Å². The van der Waals surface area contributed by atoms with Gasteiger partial charge in [-0.15, -0.1) is 5.92 Å². The summed E-state index contributed by atoms with van der Waals surface area (Å²) in [6, 6.07) is 2.76. The van der Waals surface area contributed by atoms with Gasteiger partial charge in [-0.3, -0.25) is 4.79 Å². The Hall–Kier alpha value is -2.72. The van der Waals surface area contributed by atoms with E-state index in [1.54, 1.807) is 13.0 Å². The second-order valence-electron chi connectivity index (χ2n) is 5.44. The lowest BCUT2D eigenvalue weighted by Crippen LogP contribution is -2.20. The Kier molecular flexibility index (Phi) is 4.08. The average molecular weight is 332 g/mol. The highest BCUT2D eigenvalue weighted by Gasteiger charge is 2.32. The van der Waals surface area contributed by atoms with Crippen LogP contribution in [0, 0.1) is 17.7 Å². The molecule has 0 amide bonds. The monoisotopic (exact) mass is 332 g/mol. The highest BCUT2D eigenvalue weighted by molar-refractivity contribution is 5.75. The minimum Gasteiger partial charge on any atom is -0.496 e. The first kappa shape index (κ1) is 16.1. The summed E-state index contributed by atoms with van der Waals surface area (Å²) in [6.07, 6.45) is -0.202. The van der Waals surface area contributed by atoms with Crippen LogP contribution in [0.4, 0.5) is 4.39 Å². The van der Waals surface area contributed by atoms with Crippen LogP contribution in [0.15, 0.2) is 16.9 Å². The molecule has 0 radical (unpaired) electrons. The van der Waals surface area contributed by atoms with Crippen molar-refractivity contribution in [1.29, 1.82) is 0 Å². The predicted molar refractivity (Wildman–Crippen MR) is 85.7 cm³/mol. The van der Waals surface area contributed by atoms with E-state index in [0.29, 0.717) is 18.7 Å². The number of nitrogens with zero attached hydrogens (tertiary/aromatic N) is 2. The van der Waals surface area contributed by atoms with Crippen molar-refractivity contribution in [3.8, 4) is 34.6 Å². The molecule has 0 saturated heterocycles. The summed E-state index contributed by atoms with van der Waals surface area (Å²) in [4.78, 5) is 12.7. The highest BCUT2D eigenvalue weighted by Crippen LogP contribution is 2.38. The molecule has 1 N–H and O–H groups in total. The van der Waals surface area contributed by atoms with Gasteiger partial charge in [-0.05, 0) is 19.1 Å². The summed E-state index contributed by atoms with van der Waals surface area (Å²) in [5, 5.41) is 10.5. The van der Waals surface area contributed by atoms with Crippen molar-refractivity contribution < 1.29 is 19.0 Å². The Morgan fingerprint density at radius 1 is 1.25 bits per heavy atom. The molecule has 2 heterocycles. The van der Waals surface area contributed by atoms with E-state index in [1.807, 2.05) is 0 Å². The Balaban J connectivity index is 2.21. The van der Waals surface area contributed by atoms with E-state index >= 15 is 0 Å². The van der Waals surface area contributed by atoms with E-state index in [2.05, 4.69) is 11.8 Å². The molecule has 2 aromatic rings. The van der Waals surface area contributed by atoms with Crippen LogP contribution in [0.3, 0.4) is 0 Å². The molecule has 1 aliphatic heterocycles. The number of ether oxygens (including phenoxy) is 2. The van der Waals surface area contributed by atoms with E-state index in [0.717, 1.165) is 0 Å². The molecule has 0 saturated carbocycles. The number of fused-ring (bicyclic) bond motifs is 1. The van der Waals surface area contributed by atoms with Gasteiger partial charge in [0.2, 0.25) is 5.88 Å². The fraction of sp³-hybridized carbons (Fsp3) is 0.353. The molecule has 0 aliphatic carbocycles. The Bertz CT molecular complexity index is 917. The van der Waals surface area contributed by atoms with E-state index in [9.17, 15) is 14.3 Å². The second-order valence-corrected chi connectivity index (χ2v) is 5.44. The van der Waals surface area contributed by atoms with Gasteiger partial charge in [-0.25, -0.2) is 13.8 Å². The summed E-state index contributed by atoms with van der Waals surface area (Å²) >= 11 is 0.